The maximum atomic E-state index is 9.25. The minimum absolute atomic E-state index is 0.240. The lowest BCUT2D eigenvalue weighted by Crippen LogP contribution is -2.22. The highest BCUT2D eigenvalue weighted by Crippen LogP contribution is 2.14. The van der Waals surface area contributed by atoms with Gasteiger partial charge in [-0.05, 0) is 29.8 Å². The second-order valence-electron chi connectivity index (χ2n) is 4.52. The fourth-order valence-electron chi connectivity index (χ4n) is 1.70. The van der Waals surface area contributed by atoms with Crippen LogP contribution in [-0.2, 0) is 6.61 Å². The molecule has 0 fully saturated rings. The number of ether oxygens (including phenoxy) is 1. The van der Waals surface area contributed by atoms with E-state index in [-0.39, 0.29) is 6.61 Å². The van der Waals surface area contributed by atoms with Crippen molar-refractivity contribution in [1.29, 1.82) is 0 Å². The third kappa shape index (κ3) is 4.57. The molecule has 0 amide bonds. The molecule has 0 aliphatic rings. The molecule has 4 nitrogen and oxygen atoms in total. The van der Waals surface area contributed by atoms with Crippen LogP contribution in [0.3, 0.4) is 0 Å². The van der Waals surface area contributed by atoms with Crippen LogP contribution in [-0.4, -0.2) is 29.5 Å². The van der Waals surface area contributed by atoms with Crippen LogP contribution >= 0.6 is 0 Å². The Bertz CT molecular complexity index is 499. The van der Waals surface area contributed by atoms with Crippen LogP contribution in [0.1, 0.15) is 5.56 Å². The van der Waals surface area contributed by atoms with Gasteiger partial charge in [0.1, 0.15) is 12.4 Å². The predicted molar refractivity (Wildman–Crippen MR) is 78.8 cm³/mol. The molecule has 0 heterocycles. The molecule has 0 aliphatic carbocycles. The van der Waals surface area contributed by atoms with Gasteiger partial charge in [-0.1, -0.05) is 30.3 Å². The van der Waals surface area contributed by atoms with Crippen LogP contribution in [0.15, 0.2) is 54.6 Å². The Morgan fingerprint density at radius 3 is 2.35 bits per heavy atom. The van der Waals surface area contributed by atoms with Gasteiger partial charge in [-0.25, -0.2) is 0 Å². The van der Waals surface area contributed by atoms with Crippen molar-refractivity contribution in [2.45, 2.75) is 12.7 Å². The lowest BCUT2D eigenvalue weighted by Gasteiger charge is -2.11. The summed E-state index contributed by atoms with van der Waals surface area (Å²) in [5.41, 5.74) is 1.98. The zero-order valence-corrected chi connectivity index (χ0v) is 11.2. The molecule has 0 saturated heterocycles. The quantitative estimate of drug-likeness (QED) is 0.722. The number of anilines is 1. The smallest absolute Gasteiger partial charge is 0.119 e. The van der Waals surface area contributed by atoms with Gasteiger partial charge in [0.2, 0.25) is 0 Å². The molecular weight excluding hydrogens is 254 g/mol. The van der Waals surface area contributed by atoms with Gasteiger partial charge in [-0.15, -0.1) is 0 Å². The molecule has 0 aliphatic heterocycles. The van der Waals surface area contributed by atoms with E-state index >= 15 is 0 Å². The van der Waals surface area contributed by atoms with Crippen LogP contribution in [0.2, 0.25) is 0 Å². The molecule has 0 saturated carbocycles. The molecule has 0 bridgehead atoms. The molecule has 1 unspecified atom stereocenters. The third-order valence-corrected chi connectivity index (χ3v) is 2.86. The summed E-state index contributed by atoms with van der Waals surface area (Å²) in [4.78, 5) is 0. The number of para-hydroxylation sites is 1. The van der Waals surface area contributed by atoms with Gasteiger partial charge < -0.3 is 20.3 Å². The van der Waals surface area contributed by atoms with Gasteiger partial charge in [0, 0.05) is 12.2 Å². The van der Waals surface area contributed by atoms with E-state index < -0.39 is 6.10 Å². The average Bonchev–Trinajstić information content (AvgIpc) is 2.52. The Morgan fingerprint density at radius 2 is 1.70 bits per heavy atom. The van der Waals surface area contributed by atoms with Gasteiger partial charge in [0.15, 0.2) is 0 Å². The minimum Gasteiger partial charge on any atom is -0.489 e. The fraction of sp³-hybridized carbons (Fsp3) is 0.250. The van der Waals surface area contributed by atoms with E-state index in [0.717, 1.165) is 17.0 Å². The molecule has 20 heavy (non-hydrogen) atoms. The summed E-state index contributed by atoms with van der Waals surface area (Å²) in [7, 11) is 0. The van der Waals surface area contributed by atoms with Crippen LogP contribution < -0.4 is 10.1 Å². The zero-order valence-electron chi connectivity index (χ0n) is 11.2. The van der Waals surface area contributed by atoms with Crippen molar-refractivity contribution in [1.82, 2.24) is 0 Å². The molecule has 106 valence electrons. The molecule has 2 rings (SSSR count). The van der Waals surface area contributed by atoms with E-state index in [1.54, 1.807) is 0 Å². The highest BCUT2D eigenvalue weighted by molar-refractivity contribution is 5.44. The molecule has 0 spiro atoms. The first kappa shape index (κ1) is 14.4. The second kappa shape index (κ2) is 7.53. The van der Waals surface area contributed by atoms with E-state index in [4.69, 9.17) is 9.84 Å². The highest BCUT2D eigenvalue weighted by atomic mass is 16.5. The maximum Gasteiger partial charge on any atom is 0.119 e. The Balaban J connectivity index is 1.82. The Kier molecular flexibility index (Phi) is 5.41. The van der Waals surface area contributed by atoms with Crippen LogP contribution in [0.25, 0.3) is 0 Å². The van der Waals surface area contributed by atoms with Gasteiger partial charge in [-0.3, -0.25) is 0 Å². The van der Waals surface area contributed by atoms with E-state index in [1.165, 1.54) is 0 Å². The lowest BCUT2D eigenvalue weighted by molar-refractivity contribution is 0.105. The Hall–Kier alpha value is -2.04. The summed E-state index contributed by atoms with van der Waals surface area (Å²) < 4.78 is 5.65. The molecule has 0 radical (unpaired) electrons. The number of hydrogen-bond donors (Lipinski definition) is 3. The molecule has 4 heteroatoms. The number of rotatable bonds is 7. The van der Waals surface area contributed by atoms with Crippen molar-refractivity contribution in [3.05, 3.63) is 60.2 Å². The average molecular weight is 273 g/mol. The summed E-state index contributed by atoms with van der Waals surface area (Å²) >= 11 is 0. The maximum absolute atomic E-state index is 9.25. The molecular formula is C16H19NO3. The Morgan fingerprint density at radius 1 is 1.00 bits per heavy atom. The van der Waals surface area contributed by atoms with E-state index in [9.17, 15) is 5.11 Å². The monoisotopic (exact) mass is 273 g/mol. The van der Waals surface area contributed by atoms with E-state index in [1.807, 2.05) is 54.6 Å². The molecule has 1 atom stereocenters. The second-order valence-corrected chi connectivity index (χ2v) is 4.52. The first-order valence-electron chi connectivity index (χ1n) is 6.57. The molecule has 3 N–H and O–H groups in total. The number of nitrogens with one attached hydrogen (secondary N) is 1. The van der Waals surface area contributed by atoms with Crippen LogP contribution in [0, 0.1) is 0 Å². The fourth-order valence-corrected chi connectivity index (χ4v) is 1.70. The van der Waals surface area contributed by atoms with Gasteiger partial charge in [0.25, 0.3) is 0 Å². The zero-order chi connectivity index (χ0) is 14.2. The summed E-state index contributed by atoms with van der Waals surface area (Å²) in [5, 5.41) is 21.0. The summed E-state index contributed by atoms with van der Waals surface area (Å²) in [6.07, 6.45) is -0.740. The third-order valence-electron chi connectivity index (χ3n) is 2.86. The number of benzene rings is 2. The highest BCUT2D eigenvalue weighted by Gasteiger charge is 2.01. The summed E-state index contributed by atoms with van der Waals surface area (Å²) in [6.45, 7) is 0.607. The number of hydrogen-bond acceptors (Lipinski definition) is 4. The predicted octanol–water partition coefficient (Wildman–Crippen LogP) is 2.03. The van der Waals surface area contributed by atoms with Gasteiger partial charge >= 0.3 is 0 Å². The standard InChI is InChI=1S/C16H19NO3/c18-11-15(19)10-17-14-8-6-13(7-9-14)12-20-16-4-2-1-3-5-16/h1-9,15,17-19H,10-12H2. The van der Waals surface area contributed by atoms with Gasteiger partial charge in [-0.2, -0.15) is 0 Å². The largest absolute Gasteiger partial charge is 0.489 e. The topological polar surface area (TPSA) is 61.7 Å². The summed E-state index contributed by atoms with van der Waals surface area (Å²) in [6, 6.07) is 17.5. The minimum atomic E-state index is -0.740. The molecule has 2 aromatic rings. The lowest BCUT2D eigenvalue weighted by atomic mass is 10.2. The number of aliphatic hydroxyl groups is 2. The van der Waals surface area contributed by atoms with E-state index in [0.29, 0.717) is 13.2 Å². The first-order valence-corrected chi connectivity index (χ1v) is 6.57. The first-order chi connectivity index (χ1) is 9.78. The van der Waals surface area contributed by atoms with Crippen molar-refractivity contribution in [3.63, 3.8) is 0 Å². The van der Waals surface area contributed by atoms with Crippen LogP contribution in [0.5, 0.6) is 5.75 Å². The molecule has 2 aromatic carbocycles. The van der Waals surface area contributed by atoms with Crippen LogP contribution in [0.4, 0.5) is 5.69 Å². The van der Waals surface area contributed by atoms with Crippen molar-refractivity contribution in [3.8, 4) is 5.75 Å². The SMILES string of the molecule is OCC(O)CNc1ccc(COc2ccccc2)cc1. The van der Waals surface area contributed by atoms with Gasteiger partial charge in [0.05, 0.1) is 12.7 Å². The number of aliphatic hydroxyl groups excluding tert-OH is 2. The molecule has 0 aromatic heterocycles. The summed E-state index contributed by atoms with van der Waals surface area (Å²) in [5.74, 6) is 0.848. The van der Waals surface area contributed by atoms with Crippen molar-refractivity contribution in [2.24, 2.45) is 0 Å². The normalized spacial score (nSPS) is 11.9. The van der Waals surface area contributed by atoms with Crippen molar-refractivity contribution >= 4 is 5.69 Å². The van der Waals surface area contributed by atoms with Crippen molar-refractivity contribution in [2.75, 3.05) is 18.5 Å². The Labute approximate surface area is 118 Å². The van der Waals surface area contributed by atoms with Crippen molar-refractivity contribution < 1.29 is 14.9 Å². The van der Waals surface area contributed by atoms with E-state index in [2.05, 4.69) is 5.32 Å².